The predicted octanol–water partition coefficient (Wildman–Crippen LogP) is 2.55. The van der Waals surface area contributed by atoms with Gasteiger partial charge in [0.15, 0.2) is 0 Å². The van der Waals surface area contributed by atoms with E-state index in [4.69, 9.17) is 0 Å². The van der Waals surface area contributed by atoms with E-state index in [1.54, 1.807) is 29.2 Å². The molecule has 1 saturated carbocycles. The molecular weight excluding hydrogens is 330 g/mol. The Bertz CT molecular complexity index is 695. The van der Waals surface area contributed by atoms with Gasteiger partial charge < -0.3 is 15.5 Å². The highest BCUT2D eigenvalue weighted by Gasteiger charge is 2.35. The Labute approximate surface area is 154 Å². The molecule has 1 saturated heterocycles. The first-order valence-electron chi connectivity index (χ1n) is 9.46. The van der Waals surface area contributed by atoms with Crippen LogP contribution in [0.4, 0.5) is 5.69 Å². The molecule has 0 spiro atoms. The third-order valence-electron chi connectivity index (χ3n) is 5.27. The molecule has 2 N–H and O–H groups in total. The van der Waals surface area contributed by atoms with Crippen molar-refractivity contribution in [2.75, 3.05) is 11.9 Å². The standard InChI is InChI=1S/C20H27N3O3/c1-13(2)23-12-14(11-18(23)24)19(25)22-17-10-6-5-9-16(17)20(26)21-15-7-3-4-8-15/h5-6,9-10,13-15H,3-4,7-8,11-12H2,1-2H3,(H,21,26)(H,22,25)/t14-/m1/s1. The second-order valence-corrected chi connectivity index (χ2v) is 7.53. The van der Waals surface area contributed by atoms with Crippen LogP contribution in [0.3, 0.4) is 0 Å². The van der Waals surface area contributed by atoms with E-state index in [2.05, 4.69) is 10.6 Å². The van der Waals surface area contributed by atoms with Gasteiger partial charge in [0.2, 0.25) is 11.8 Å². The second-order valence-electron chi connectivity index (χ2n) is 7.53. The van der Waals surface area contributed by atoms with Crippen molar-refractivity contribution in [3.05, 3.63) is 29.8 Å². The Morgan fingerprint density at radius 1 is 1.15 bits per heavy atom. The number of carbonyl (C=O) groups is 3. The summed E-state index contributed by atoms with van der Waals surface area (Å²) in [5, 5.41) is 5.91. The maximum atomic E-state index is 12.6. The summed E-state index contributed by atoms with van der Waals surface area (Å²) in [5.74, 6) is -0.731. The molecule has 0 aromatic heterocycles. The Morgan fingerprint density at radius 3 is 2.50 bits per heavy atom. The van der Waals surface area contributed by atoms with E-state index in [-0.39, 0.29) is 42.1 Å². The fourth-order valence-corrected chi connectivity index (χ4v) is 3.76. The van der Waals surface area contributed by atoms with Crippen LogP contribution in [-0.4, -0.2) is 41.2 Å². The molecule has 0 radical (unpaired) electrons. The van der Waals surface area contributed by atoms with Crippen LogP contribution in [0.15, 0.2) is 24.3 Å². The minimum Gasteiger partial charge on any atom is -0.349 e. The maximum Gasteiger partial charge on any atom is 0.253 e. The normalized spacial score (nSPS) is 20.7. The zero-order valence-electron chi connectivity index (χ0n) is 15.5. The summed E-state index contributed by atoms with van der Waals surface area (Å²) in [6.07, 6.45) is 4.53. The number of rotatable bonds is 5. The number of nitrogens with one attached hydrogen (secondary N) is 2. The van der Waals surface area contributed by atoms with Gasteiger partial charge in [-0.05, 0) is 38.8 Å². The number of amides is 3. The molecule has 6 heteroatoms. The molecule has 3 rings (SSSR count). The van der Waals surface area contributed by atoms with E-state index in [9.17, 15) is 14.4 Å². The highest BCUT2D eigenvalue weighted by atomic mass is 16.2. The number of para-hydroxylation sites is 1. The van der Waals surface area contributed by atoms with Crippen LogP contribution in [-0.2, 0) is 9.59 Å². The molecule has 2 fully saturated rings. The fourth-order valence-electron chi connectivity index (χ4n) is 3.76. The number of hydrogen-bond donors (Lipinski definition) is 2. The molecule has 26 heavy (non-hydrogen) atoms. The first kappa shape index (κ1) is 18.4. The molecule has 0 bridgehead atoms. The van der Waals surface area contributed by atoms with Crippen LogP contribution in [0.25, 0.3) is 0 Å². The summed E-state index contributed by atoms with van der Waals surface area (Å²) >= 11 is 0. The number of nitrogens with zero attached hydrogens (tertiary/aromatic N) is 1. The van der Waals surface area contributed by atoms with Crippen LogP contribution in [0.2, 0.25) is 0 Å². The van der Waals surface area contributed by atoms with Gasteiger partial charge in [0, 0.05) is 25.0 Å². The van der Waals surface area contributed by atoms with Gasteiger partial charge in [0.1, 0.15) is 0 Å². The summed E-state index contributed by atoms with van der Waals surface area (Å²) < 4.78 is 0. The van der Waals surface area contributed by atoms with Gasteiger partial charge in [0.25, 0.3) is 5.91 Å². The fraction of sp³-hybridized carbons (Fsp3) is 0.550. The smallest absolute Gasteiger partial charge is 0.253 e. The van der Waals surface area contributed by atoms with Gasteiger partial charge in [-0.2, -0.15) is 0 Å². The number of carbonyl (C=O) groups excluding carboxylic acids is 3. The molecule has 1 aliphatic heterocycles. The minimum absolute atomic E-state index is 0.00686. The summed E-state index contributed by atoms with van der Waals surface area (Å²) in [6, 6.07) is 7.35. The highest BCUT2D eigenvalue weighted by molar-refractivity contribution is 6.05. The molecule has 1 atom stereocenters. The molecule has 0 unspecified atom stereocenters. The lowest BCUT2D eigenvalue weighted by Crippen LogP contribution is -2.34. The second kappa shape index (κ2) is 7.89. The third kappa shape index (κ3) is 4.06. The average Bonchev–Trinajstić information content (AvgIpc) is 3.24. The van der Waals surface area contributed by atoms with Crippen molar-refractivity contribution in [2.24, 2.45) is 5.92 Å². The average molecular weight is 357 g/mol. The molecule has 2 aliphatic rings. The van der Waals surface area contributed by atoms with Crippen molar-refractivity contribution in [1.29, 1.82) is 0 Å². The van der Waals surface area contributed by atoms with E-state index in [0.29, 0.717) is 17.8 Å². The molecule has 1 aliphatic carbocycles. The van der Waals surface area contributed by atoms with Gasteiger partial charge >= 0.3 is 0 Å². The first-order valence-corrected chi connectivity index (χ1v) is 9.46. The van der Waals surface area contributed by atoms with Crippen LogP contribution in [0, 0.1) is 5.92 Å². The molecule has 140 valence electrons. The Hall–Kier alpha value is -2.37. The van der Waals surface area contributed by atoms with Crippen LogP contribution in [0.1, 0.15) is 56.3 Å². The van der Waals surface area contributed by atoms with Gasteiger partial charge in [-0.15, -0.1) is 0 Å². The quantitative estimate of drug-likeness (QED) is 0.850. The number of benzene rings is 1. The first-order chi connectivity index (χ1) is 12.5. The summed E-state index contributed by atoms with van der Waals surface area (Å²) in [6.45, 7) is 4.32. The van der Waals surface area contributed by atoms with E-state index < -0.39 is 0 Å². The largest absolute Gasteiger partial charge is 0.349 e. The van der Waals surface area contributed by atoms with E-state index in [0.717, 1.165) is 25.7 Å². The van der Waals surface area contributed by atoms with E-state index in [1.807, 2.05) is 13.8 Å². The zero-order chi connectivity index (χ0) is 18.7. The van der Waals surface area contributed by atoms with Crippen molar-refractivity contribution in [2.45, 2.75) is 58.0 Å². The molecule has 1 heterocycles. The Morgan fingerprint density at radius 2 is 1.85 bits per heavy atom. The lowest BCUT2D eigenvalue weighted by molar-refractivity contribution is -0.129. The van der Waals surface area contributed by atoms with E-state index >= 15 is 0 Å². The van der Waals surface area contributed by atoms with Crippen LogP contribution >= 0.6 is 0 Å². The number of anilines is 1. The molecule has 1 aromatic carbocycles. The van der Waals surface area contributed by atoms with Gasteiger partial charge in [-0.25, -0.2) is 0 Å². The third-order valence-corrected chi connectivity index (χ3v) is 5.27. The zero-order valence-corrected chi connectivity index (χ0v) is 15.5. The Balaban J connectivity index is 1.67. The van der Waals surface area contributed by atoms with Gasteiger partial charge in [0.05, 0.1) is 17.2 Å². The van der Waals surface area contributed by atoms with Gasteiger partial charge in [-0.3, -0.25) is 14.4 Å². The topological polar surface area (TPSA) is 78.5 Å². The number of likely N-dealkylation sites (tertiary alicyclic amines) is 1. The lowest BCUT2D eigenvalue weighted by atomic mass is 10.1. The summed E-state index contributed by atoms with van der Waals surface area (Å²) in [4.78, 5) is 39.0. The lowest BCUT2D eigenvalue weighted by Gasteiger charge is -2.21. The number of hydrogen-bond acceptors (Lipinski definition) is 3. The SMILES string of the molecule is CC(C)N1C[C@H](C(=O)Nc2ccccc2C(=O)NC2CCCC2)CC1=O. The van der Waals surface area contributed by atoms with Crippen LogP contribution in [0.5, 0.6) is 0 Å². The summed E-state index contributed by atoms with van der Waals surface area (Å²) in [7, 11) is 0. The summed E-state index contributed by atoms with van der Waals surface area (Å²) in [5.41, 5.74) is 0.973. The molecule has 6 nitrogen and oxygen atoms in total. The maximum absolute atomic E-state index is 12.6. The predicted molar refractivity (Wildman–Crippen MR) is 99.7 cm³/mol. The molecular formula is C20H27N3O3. The van der Waals surface area contributed by atoms with Gasteiger partial charge in [-0.1, -0.05) is 25.0 Å². The molecule has 1 aromatic rings. The van der Waals surface area contributed by atoms with Crippen molar-refractivity contribution in [3.8, 4) is 0 Å². The monoisotopic (exact) mass is 357 g/mol. The highest BCUT2D eigenvalue weighted by Crippen LogP contribution is 2.24. The van der Waals surface area contributed by atoms with Crippen molar-refractivity contribution < 1.29 is 14.4 Å². The van der Waals surface area contributed by atoms with Crippen molar-refractivity contribution in [1.82, 2.24) is 10.2 Å². The van der Waals surface area contributed by atoms with Crippen molar-refractivity contribution in [3.63, 3.8) is 0 Å². The minimum atomic E-state index is -0.379. The van der Waals surface area contributed by atoms with E-state index in [1.165, 1.54) is 0 Å². The van der Waals surface area contributed by atoms with Crippen molar-refractivity contribution >= 4 is 23.4 Å². The Kier molecular flexibility index (Phi) is 5.59. The van der Waals surface area contributed by atoms with Crippen LogP contribution < -0.4 is 10.6 Å². The molecule has 3 amide bonds.